The second kappa shape index (κ2) is 7.56. The van der Waals surface area contributed by atoms with E-state index in [-0.39, 0.29) is 18.6 Å². The Balaban J connectivity index is 1.74. The largest absolute Gasteiger partial charge is 0.392 e. The van der Waals surface area contributed by atoms with Gasteiger partial charge in [0.1, 0.15) is 5.69 Å². The van der Waals surface area contributed by atoms with Gasteiger partial charge in [-0.2, -0.15) is 5.10 Å². The molecule has 0 fully saturated rings. The van der Waals surface area contributed by atoms with E-state index in [9.17, 15) is 4.79 Å². The number of rotatable bonds is 7. The Morgan fingerprint density at radius 2 is 2.24 bits per heavy atom. The first-order valence-electron chi connectivity index (χ1n) is 6.91. The zero-order valence-corrected chi connectivity index (χ0v) is 12.0. The van der Waals surface area contributed by atoms with Gasteiger partial charge in [-0.25, -0.2) is 0 Å². The third kappa shape index (κ3) is 4.40. The average Bonchev–Trinajstić information content (AvgIpc) is 3.05. The topological polar surface area (TPSA) is 90.0 Å². The molecule has 0 aliphatic carbocycles. The number of carbonyl (C=O) groups excluding carboxylic acids is 1. The molecule has 1 amide bonds. The minimum absolute atomic E-state index is 0.0425. The molecule has 0 spiro atoms. The number of H-pyrrole nitrogens is 1. The van der Waals surface area contributed by atoms with Crippen molar-refractivity contribution in [2.45, 2.75) is 19.6 Å². The van der Waals surface area contributed by atoms with Crippen LogP contribution in [0.5, 0.6) is 0 Å². The van der Waals surface area contributed by atoms with Gasteiger partial charge in [0.25, 0.3) is 5.91 Å². The maximum atomic E-state index is 11.7. The van der Waals surface area contributed by atoms with Crippen LogP contribution in [0.15, 0.2) is 36.5 Å². The first-order valence-corrected chi connectivity index (χ1v) is 6.91. The summed E-state index contributed by atoms with van der Waals surface area (Å²) in [4.78, 5) is 11.7. The molecule has 6 nitrogen and oxygen atoms in total. The number of carbonyl (C=O) groups is 1. The van der Waals surface area contributed by atoms with Gasteiger partial charge in [-0.3, -0.25) is 9.89 Å². The maximum Gasteiger partial charge on any atom is 0.269 e. The van der Waals surface area contributed by atoms with Gasteiger partial charge in [0.05, 0.1) is 6.61 Å². The summed E-state index contributed by atoms with van der Waals surface area (Å²) in [6.45, 7) is 3.28. The minimum atomic E-state index is -0.163. The lowest BCUT2D eigenvalue weighted by Gasteiger charge is -2.15. The van der Waals surface area contributed by atoms with Crippen LogP contribution in [0.1, 0.15) is 34.6 Å². The molecule has 0 saturated carbocycles. The SMILES string of the molecule is CC(NCCNC(=O)c1ccn[nH]1)c1cccc(CO)c1. The molecule has 6 heteroatoms. The molecule has 0 bridgehead atoms. The standard InChI is InChI=1S/C15H20N4O2/c1-11(13-4-2-3-12(9-13)10-20)16-7-8-17-15(21)14-5-6-18-19-14/h2-6,9,11,16,20H,7-8,10H2,1H3,(H,17,21)(H,18,19). The molecule has 0 aliphatic heterocycles. The summed E-state index contributed by atoms with van der Waals surface area (Å²) in [7, 11) is 0. The van der Waals surface area contributed by atoms with Crippen LogP contribution >= 0.6 is 0 Å². The number of amides is 1. The molecule has 1 aromatic heterocycles. The van der Waals surface area contributed by atoms with E-state index in [0.29, 0.717) is 18.8 Å². The van der Waals surface area contributed by atoms with Crippen molar-refractivity contribution in [3.8, 4) is 0 Å². The van der Waals surface area contributed by atoms with Crippen LogP contribution in [0.2, 0.25) is 0 Å². The Morgan fingerprint density at radius 3 is 2.95 bits per heavy atom. The molecular formula is C15H20N4O2. The Morgan fingerprint density at radius 1 is 1.38 bits per heavy atom. The van der Waals surface area contributed by atoms with E-state index in [1.807, 2.05) is 31.2 Å². The molecule has 1 heterocycles. The number of nitrogens with zero attached hydrogens (tertiary/aromatic N) is 1. The summed E-state index contributed by atoms with van der Waals surface area (Å²) in [5.74, 6) is -0.163. The van der Waals surface area contributed by atoms with E-state index in [4.69, 9.17) is 5.11 Å². The fourth-order valence-electron chi connectivity index (χ4n) is 2.02. The predicted molar refractivity (Wildman–Crippen MR) is 79.7 cm³/mol. The molecule has 0 radical (unpaired) electrons. The number of aliphatic hydroxyl groups is 1. The highest BCUT2D eigenvalue weighted by atomic mass is 16.3. The normalized spacial score (nSPS) is 12.1. The molecular weight excluding hydrogens is 268 g/mol. The zero-order valence-electron chi connectivity index (χ0n) is 12.0. The number of aromatic amines is 1. The summed E-state index contributed by atoms with van der Waals surface area (Å²) in [6, 6.07) is 9.59. The highest BCUT2D eigenvalue weighted by molar-refractivity contribution is 5.92. The molecule has 0 aliphatic rings. The van der Waals surface area contributed by atoms with Gasteiger partial charge in [0.2, 0.25) is 0 Å². The van der Waals surface area contributed by atoms with Gasteiger partial charge in [0.15, 0.2) is 0 Å². The number of hydrogen-bond acceptors (Lipinski definition) is 4. The summed E-state index contributed by atoms with van der Waals surface area (Å²) in [6.07, 6.45) is 1.55. The second-order valence-corrected chi connectivity index (χ2v) is 4.81. The summed E-state index contributed by atoms with van der Waals surface area (Å²) in [5, 5.41) is 21.6. The van der Waals surface area contributed by atoms with Gasteiger partial charge in [-0.05, 0) is 24.1 Å². The zero-order chi connectivity index (χ0) is 15.1. The van der Waals surface area contributed by atoms with Gasteiger partial charge in [-0.1, -0.05) is 24.3 Å². The Kier molecular flexibility index (Phi) is 5.48. The lowest BCUT2D eigenvalue weighted by Crippen LogP contribution is -2.33. The van der Waals surface area contributed by atoms with Crippen molar-refractivity contribution in [1.82, 2.24) is 20.8 Å². The van der Waals surface area contributed by atoms with Crippen LogP contribution in [-0.4, -0.2) is 34.3 Å². The molecule has 0 saturated heterocycles. The van der Waals surface area contributed by atoms with Crippen molar-refractivity contribution in [3.05, 3.63) is 53.3 Å². The Hall–Kier alpha value is -2.18. The third-order valence-corrected chi connectivity index (χ3v) is 3.24. The number of benzene rings is 1. The molecule has 2 aromatic rings. The molecule has 1 aromatic carbocycles. The molecule has 112 valence electrons. The monoisotopic (exact) mass is 288 g/mol. The highest BCUT2D eigenvalue weighted by Gasteiger charge is 2.07. The van der Waals surface area contributed by atoms with Crippen molar-refractivity contribution in [3.63, 3.8) is 0 Å². The van der Waals surface area contributed by atoms with E-state index in [2.05, 4.69) is 20.8 Å². The second-order valence-electron chi connectivity index (χ2n) is 4.81. The Labute approximate surface area is 123 Å². The van der Waals surface area contributed by atoms with Crippen molar-refractivity contribution in [2.75, 3.05) is 13.1 Å². The lowest BCUT2D eigenvalue weighted by atomic mass is 10.1. The molecule has 1 unspecified atom stereocenters. The molecule has 21 heavy (non-hydrogen) atoms. The summed E-state index contributed by atoms with van der Waals surface area (Å²) in [5.41, 5.74) is 2.47. The van der Waals surface area contributed by atoms with Crippen molar-refractivity contribution in [1.29, 1.82) is 0 Å². The van der Waals surface area contributed by atoms with Crippen molar-refractivity contribution < 1.29 is 9.90 Å². The maximum absolute atomic E-state index is 11.7. The highest BCUT2D eigenvalue weighted by Crippen LogP contribution is 2.13. The van der Waals surface area contributed by atoms with Crippen LogP contribution < -0.4 is 10.6 Å². The fraction of sp³-hybridized carbons (Fsp3) is 0.333. The summed E-state index contributed by atoms with van der Waals surface area (Å²) < 4.78 is 0. The van der Waals surface area contributed by atoms with E-state index in [0.717, 1.165) is 11.1 Å². The molecule has 2 rings (SSSR count). The first kappa shape index (κ1) is 15.2. The number of aliphatic hydroxyl groups excluding tert-OH is 1. The van der Waals surface area contributed by atoms with E-state index < -0.39 is 0 Å². The minimum Gasteiger partial charge on any atom is -0.392 e. The van der Waals surface area contributed by atoms with Crippen LogP contribution in [0, 0.1) is 0 Å². The third-order valence-electron chi connectivity index (χ3n) is 3.24. The van der Waals surface area contributed by atoms with E-state index in [1.54, 1.807) is 12.3 Å². The van der Waals surface area contributed by atoms with Crippen LogP contribution in [0.3, 0.4) is 0 Å². The lowest BCUT2D eigenvalue weighted by molar-refractivity contribution is 0.0948. The molecule has 4 N–H and O–H groups in total. The first-order chi connectivity index (χ1) is 10.2. The fourth-order valence-corrected chi connectivity index (χ4v) is 2.02. The number of hydrogen-bond donors (Lipinski definition) is 4. The van der Waals surface area contributed by atoms with E-state index in [1.165, 1.54) is 0 Å². The van der Waals surface area contributed by atoms with Crippen LogP contribution in [0.4, 0.5) is 0 Å². The number of aromatic nitrogens is 2. The quantitative estimate of drug-likeness (QED) is 0.572. The predicted octanol–water partition coefficient (Wildman–Crippen LogP) is 0.983. The van der Waals surface area contributed by atoms with Gasteiger partial charge in [0, 0.05) is 25.3 Å². The smallest absolute Gasteiger partial charge is 0.269 e. The van der Waals surface area contributed by atoms with Crippen molar-refractivity contribution in [2.24, 2.45) is 0 Å². The van der Waals surface area contributed by atoms with Gasteiger partial charge < -0.3 is 15.7 Å². The van der Waals surface area contributed by atoms with Gasteiger partial charge >= 0.3 is 0 Å². The Bertz CT molecular complexity index is 569. The summed E-state index contributed by atoms with van der Waals surface area (Å²) >= 11 is 0. The average molecular weight is 288 g/mol. The van der Waals surface area contributed by atoms with Crippen molar-refractivity contribution >= 4 is 5.91 Å². The van der Waals surface area contributed by atoms with Gasteiger partial charge in [-0.15, -0.1) is 0 Å². The van der Waals surface area contributed by atoms with E-state index >= 15 is 0 Å². The van der Waals surface area contributed by atoms with Crippen LogP contribution in [0.25, 0.3) is 0 Å². The molecule has 1 atom stereocenters. The number of nitrogens with one attached hydrogen (secondary N) is 3. The van der Waals surface area contributed by atoms with Crippen LogP contribution in [-0.2, 0) is 6.61 Å².